The monoisotopic (exact) mass is 603 g/mol. The summed E-state index contributed by atoms with van der Waals surface area (Å²) in [5, 5.41) is 2.90. The Morgan fingerprint density at radius 2 is 1.62 bits per heavy atom. The number of nitrogens with zero attached hydrogens (tertiary/aromatic N) is 2. The van der Waals surface area contributed by atoms with Gasteiger partial charge >= 0.3 is 0 Å². The molecule has 2 aromatic carbocycles. The summed E-state index contributed by atoms with van der Waals surface area (Å²) in [4.78, 5) is 28.0. The van der Waals surface area contributed by atoms with Crippen molar-refractivity contribution in [1.29, 1.82) is 0 Å². The summed E-state index contributed by atoms with van der Waals surface area (Å²) in [6, 6.07) is 11.6. The molecule has 0 spiro atoms. The minimum Gasteiger partial charge on any atom is -0.350 e. The second-order valence-corrected chi connectivity index (χ2v) is 12.2. The zero-order valence-corrected chi connectivity index (χ0v) is 23.0. The number of halogens is 2. The van der Waals surface area contributed by atoms with E-state index in [1.54, 1.807) is 31.2 Å². The number of rotatable bonds is 9. The smallest absolute Gasteiger partial charge is 0.244 e. The van der Waals surface area contributed by atoms with E-state index in [1.807, 2.05) is 20.8 Å². The molecule has 2 rings (SSSR count). The Bertz CT molecular complexity index is 1100. The van der Waals surface area contributed by atoms with Crippen LogP contribution < -0.4 is 9.62 Å². The predicted octanol–water partition coefficient (Wildman–Crippen LogP) is 3.92. The van der Waals surface area contributed by atoms with Crippen LogP contribution in [0, 0.1) is 9.39 Å². The van der Waals surface area contributed by atoms with Crippen LogP contribution in [-0.2, 0) is 26.2 Å². The summed E-state index contributed by atoms with van der Waals surface area (Å²) in [6.07, 6.45) is 1.35. The highest BCUT2D eigenvalue weighted by Crippen LogP contribution is 2.21. The highest BCUT2D eigenvalue weighted by molar-refractivity contribution is 14.1. The number of amides is 2. The molecule has 0 aliphatic rings. The van der Waals surface area contributed by atoms with Gasteiger partial charge in [0.15, 0.2) is 0 Å². The molecule has 1 unspecified atom stereocenters. The molecule has 0 saturated heterocycles. The molecular weight excluding hydrogens is 572 g/mol. The van der Waals surface area contributed by atoms with Crippen LogP contribution in [0.2, 0.25) is 0 Å². The van der Waals surface area contributed by atoms with Crippen molar-refractivity contribution in [2.24, 2.45) is 0 Å². The van der Waals surface area contributed by atoms with Gasteiger partial charge < -0.3 is 10.2 Å². The number of hydrogen-bond donors (Lipinski definition) is 1. The number of nitrogens with one attached hydrogen (secondary N) is 1. The van der Waals surface area contributed by atoms with Crippen molar-refractivity contribution in [3.8, 4) is 0 Å². The first kappa shape index (κ1) is 28.0. The second-order valence-electron chi connectivity index (χ2n) is 9.06. The van der Waals surface area contributed by atoms with Crippen LogP contribution in [0.4, 0.5) is 10.1 Å². The van der Waals surface area contributed by atoms with Crippen molar-refractivity contribution in [3.05, 3.63) is 63.5 Å². The Morgan fingerprint density at radius 3 is 2.09 bits per heavy atom. The van der Waals surface area contributed by atoms with E-state index in [4.69, 9.17) is 0 Å². The first-order valence-electron chi connectivity index (χ1n) is 10.8. The summed E-state index contributed by atoms with van der Waals surface area (Å²) < 4.78 is 40.5. The summed E-state index contributed by atoms with van der Waals surface area (Å²) >= 11 is 2.11. The average molecular weight is 603 g/mol. The summed E-state index contributed by atoms with van der Waals surface area (Å²) in [7, 11) is -3.79. The van der Waals surface area contributed by atoms with E-state index in [1.165, 1.54) is 29.2 Å². The molecule has 2 amide bonds. The zero-order valence-electron chi connectivity index (χ0n) is 20.0. The lowest BCUT2D eigenvalue weighted by Crippen LogP contribution is -2.55. The lowest BCUT2D eigenvalue weighted by molar-refractivity contribution is -0.141. The maximum absolute atomic E-state index is 13.5. The van der Waals surface area contributed by atoms with E-state index in [0.29, 0.717) is 17.7 Å². The fourth-order valence-electron chi connectivity index (χ4n) is 3.38. The number of anilines is 1. The first-order valence-corrected chi connectivity index (χ1v) is 13.7. The highest BCUT2D eigenvalue weighted by atomic mass is 127. The van der Waals surface area contributed by atoms with Crippen LogP contribution in [0.1, 0.15) is 39.7 Å². The maximum Gasteiger partial charge on any atom is 0.244 e. The van der Waals surface area contributed by atoms with E-state index in [2.05, 4.69) is 27.9 Å². The van der Waals surface area contributed by atoms with Crippen LogP contribution in [0.25, 0.3) is 0 Å². The molecule has 1 atom stereocenters. The quantitative estimate of drug-likeness (QED) is 0.441. The lowest BCUT2D eigenvalue weighted by atomic mass is 10.1. The third kappa shape index (κ3) is 8.23. The van der Waals surface area contributed by atoms with Crippen molar-refractivity contribution in [2.45, 2.75) is 52.2 Å². The van der Waals surface area contributed by atoms with Crippen molar-refractivity contribution < 1.29 is 22.4 Å². The summed E-state index contributed by atoms with van der Waals surface area (Å²) in [5.41, 5.74) is 0.455. The lowest BCUT2D eigenvalue weighted by Gasteiger charge is -2.34. The Hall–Kier alpha value is -2.21. The van der Waals surface area contributed by atoms with Gasteiger partial charge in [0, 0.05) is 15.7 Å². The van der Waals surface area contributed by atoms with Gasteiger partial charge in [0.1, 0.15) is 18.4 Å². The van der Waals surface area contributed by atoms with E-state index in [-0.39, 0.29) is 12.5 Å². The molecule has 186 valence electrons. The molecule has 0 aliphatic carbocycles. The number of sulfonamides is 1. The summed E-state index contributed by atoms with van der Waals surface area (Å²) in [6.45, 7) is 6.86. The Kier molecular flexibility index (Phi) is 9.46. The predicted molar refractivity (Wildman–Crippen MR) is 140 cm³/mol. The molecule has 1 N–H and O–H groups in total. The van der Waals surface area contributed by atoms with E-state index in [0.717, 1.165) is 14.1 Å². The van der Waals surface area contributed by atoms with Crippen molar-refractivity contribution >= 4 is 50.1 Å². The normalized spacial score (nSPS) is 12.7. The fourth-order valence-corrected chi connectivity index (χ4v) is 4.59. The Labute approximate surface area is 214 Å². The van der Waals surface area contributed by atoms with Gasteiger partial charge in [0.05, 0.1) is 11.9 Å². The minimum absolute atomic E-state index is 0.0273. The SMILES string of the molecule is CCC(C(=O)NC(C)(C)C)N(Cc1ccc(F)cc1)C(=O)CN(c1ccc(I)cc1)S(C)(=O)=O. The van der Waals surface area contributed by atoms with Crippen molar-refractivity contribution in [3.63, 3.8) is 0 Å². The fraction of sp³-hybridized carbons (Fsp3) is 0.417. The molecule has 34 heavy (non-hydrogen) atoms. The molecule has 0 heterocycles. The van der Waals surface area contributed by atoms with Crippen LogP contribution in [0.3, 0.4) is 0 Å². The molecule has 7 nitrogen and oxygen atoms in total. The van der Waals surface area contributed by atoms with Gasteiger partial charge in [0.25, 0.3) is 0 Å². The average Bonchev–Trinajstić information content (AvgIpc) is 2.72. The van der Waals surface area contributed by atoms with E-state index < -0.39 is 39.9 Å². The van der Waals surface area contributed by atoms with Gasteiger partial charge in [-0.25, -0.2) is 12.8 Å². The zero-order chi connectivity index (χ0) is 25.7. The van der Waals surface area contributed by atoms with Gasteiger partial charge in [-0.3, -0.25) is 13.9 Å². The minimum atomic E-state index is -3.79. The molecule has 0 aliphatic heterocycles. The van der Waals surface area contributed by atoms with Crippen LogP contribution in [-0.4, -0.2) is 49.5 Å². The van der Waals surface area contributed by atoms with Gasteiger partial charge in [0.2, 0.25) is 21.8 Å². The van der Waals surface area contributed by atoms with E-state index in [9.17, 15) is 22.4 Å². The van der Waals surface area contributed by atoms with Crippen molar-refractivity contribution in [1.82, 2.24) is 10.2 Å². The van der Waals surface area contributed by atoms with Gasteiger partial charge in [-0.1, -0.05) is 19.1 Å². The van der Waals surface area contributed by atoms with Gasteiger partial charge in [-0.2, -0.15) is 0 Å². The largest absolute Gasteiger partial charge is 0.350 e. The topological polar surface area (TPSA) is 86.8 Å². The Balaban J connectivity index is 2.43. The standard InChI is InChI=1S/C24H31FIN3O4S/c1-6-21(23(31)27-24(2,3)4)28(15-17-7-9-18(25)10-8-17)22(30)16-29(34(5,32)33)20-13-11-19(26)12-14-20/h7-14,21H,6,15-16H2,1-5H3,(H,27,31). The number of carbonyl (C=O) groups excluding carboxylic acids is 2. The van der Waals surface area contributed by atoms with Crippen LogP contribution in [0.15, 0.2) is 48.5 Å². The molecule has 2 aromatic rings. The highest BCUT2D eigenvalue weighted by Gasteiger charge is 2.33. The summed E-state index contributed by atoms with van der Waals surface area (Å²) in [5.74, 6) is -1.30. The third-order valence-corrected chi connectivity index (χ3v) is 6.80. The molecule has 0 aromatic heterocycles. The Morgan fingerprint density at radius 1 is 1.06 bits per heavy atom. The molecule has 0 fully saturated rings. The first-order chi connectivity index (χ1) is 15.7. The molecule has 10 heteroatoms. The molecule has 0 saturated carbocycles. The van der Waals surface area contributed by atoms with Crippen LogP contribution in [0.5, 0.6) is 0 Å². The third-order valence-electron chi connectivity index (χ3n) is 4.94. The molecule has 0 radical (unpaired) electrons. The van der Waals surface area contributed by atoms with Crippen molar-refractivity contribution in [2.75, 3.05) is 17.1 Å². The number of benzene rings is 2. The molecular formula is C24H31FIN3O4S. The van der Waals surface area contributed by atoms with Gasteiger partial charge in [-0.15, -0.1) is 0 Å². The molecule has 0 bridgehead atoms. The maximum atomic E-state index is 13.5. The number of carbonyl (C=O) groups is 2. The van der Waals surface area contributed by atoms with E-state index >= 15 is 0 Å². The second kappa shape index (κ2) is 11.5. The van der Waals surface area contributed by atoms with Gasteiger partial charge in [-0.05, 0) is 91.7 Å². The number of hydrogen-bond acceptors (Lipinski definition) is 4. The van der Waals surface area contributed by atoms with Crippen LogP contribution >= 0.6 is 22.6 Å².